The lowest BCUT2D eigenvalue weighted by Crippen LogP contribution is -2.25. The number of sulfonamides is 1. The average molecular weight is 444 g/mol. The number of hydroxylamine groups is 1. The summed E-state index contributed by atoms with van der Waals surface area (Å²) >= 11 is 0. The number of aromatic hydroxyl groups is 1. The number of hydrogen-bond acceptors (Lipinski definition) is 4. The van der Waals surface area contributed by atoms with Crippen molar-refractivity contribution in [3.63, 3.8) is 0 Å². The van der Waals surface area contributed by atoms with Gasteiger partial charge < -0.3 is 5.11 Å². The molecule has 1 fully saturated rings. The molecule has 0 spiro atoms. The molecule has 1 N–H and O–H groups in total. The quantitative estimate of drug-likeness (QED) is 0.678. The summed E-state index contributed by atoms with van der Waals surface area (Å²) in [5.74, 6) is 0.282. The molecule has 0 aromatic heterocycles. The third-order valence-electron chi connectivity index (χ3n) is 5.43. The van der Waals surface area contributed by atoms with Crippen molar-refractivity contribution in [2.75, 3.05) is 6.54 Å². The van der Waals surface area contributed by atoms with Gasteiger partial charge in [-0.25, -0.2) is 8.42 Å². The summed E-state index contributed by atoms with van der Waals surface area (Å²) in [6, 6.07) is 13.3. The van der Waals surface area contributed by atoms with E-state index in [-0.39, 0.29) is 29.7 Å². The van der Waals surface area contributed by atoms with Crippen molar-refractivity contribution < 1.29 is 18.4 Å². The van der Waals surface area contributed by atoms with Crippen LogP contribution in [-0.2, 0) is 32.3 Å². The Balaban J connectivity index is 1.94. The minimum atomic E-state index is -3.69. The molecule has 2 aromatic carbocycles. The maximum absolute atomic E-state index is 13.0. The Morgan fingerprint density at radius 3 is 2.06 bits per heavy atom. The Bertz CT molecular complexity index is 1040. The van der Waals surface area contributed by atoms with E-state index in [1.807, 2.05) is 84.0 Å². The van der Waals surface area contributed by atoms with Gasteiger partial charge in [0.25, 0.3) is 10.0 Å². The summed E-state index contributed by atoms with van der Waals surface area (Å²) in [5, 5.41) is 10.9. The topological polar surface area (TPSA) is 66.8 Å². The summed E-state index contributed by atoms with van der Waals surface area (Å²) in [5.41, 5.74) is 2.74. The summed E-state index contributed by atoms with van der Waals surface area (Å²) in [6.07, 6.45) is 2.10. The molecule has 0 bridgehead atoms. The minimum Gasteiger partial charge on any atom is -0.507 e. The molecule has 1 heterocycles. The summed E-state index contributed by atoms with van der Waals surface area (Å²) in [6.45, 7) is 12.7. The zero-order valence-corrected chi connectivity index (χ0v) is 20.1. The van der Waals surface area contributed by atoms with E-state index in [0.29, 0.717) is 11.3 Å². The number of hydrogen-bond donors (Lipinski definition) is 1. The van der Waals surface area contributed by atoms with Crippen molar-refractivity contribution in [1.29, 1.82) is 0 Å². The first-order valence-electron chi connectivity index (χ1n) is 10.6. The molecule has 0 unspecified atom stereocenters. The summed E-state index contributed by atoms with van der Waals surface area (Å²) in [4.78, 5) is 5.94. The van der Waals surface area contributed by atoms with E-state index in [2.05, 4.69) is 0 Å². The molecule has 5 nitrogen and oxygen atoms in total. The van der Waals surface area contributed by atoms with Crippen molar-refractivity contribution in [1.82, 2.24) is 4.47 Å². The number of phenols is 1. The third kappa shape index (κ3) is 5.20. The Hall–Kier alpha value is -2.15. The Kier molecular flexibility index (Phi) is 6.38. The van der Waals surface area contributed by atoms with E-state index in [0.717, 1.165) is 26.7 Å². The Morgan fingerprint density at radius 1 is 1.00 bits per heavy atom. The zero-order chi connectivity index (χ0) is 23.0. The van der Waals surface area contributed by atoms with Gasteiger partial charge in [-0.05, 0) is 40.2 Å². The molecule has 6 heteroatoms. The first-order chi connectivity index (χ1) is 14.3. The fourth-order valence-electron chi connectivity index (χ4n) is 3.65. The Morgan fingerprint density at radius 2 is 1.55 bits per heavy atom. The van der Waals surface area contributed by atoms with Crippen molar-refractivity contribution in [3.8, 4) is 5.75 Å². The lowest BCUT2D eigenvalue weighted by Gasteiger charge is -2.28. The zero-order valence-electron chi connectivity index (χ0n) is 19.3. The third-order valence-corrected chi connectivity index (χ3v) is 7.24. The lowest BCUT2D eigenvalue weighted by molar-refractivity contribution is -0.0894. The number of nitrogens with zero attached hydrogens (tertiary/aromatic N) is 1. The second kappa shape index (κ2) is 8.41. The highest BCUT2D eigenvalue weighted by molar-refractivity contribution is 7.93. The van der Waals surface area contributed by atoms with E-state index < -0.39 is 10.0 Å². The standard InChI is InChI=1S/C25H33NO4S/c1-24(2,3)21-15-19(16-22(23(21)27)25(4,5)6)14-20-12-13-26(31(20,28)29)30-17-18-10-8-7-9-11-18/h7-11,14-16,27H,12-13,17H2,1-6H3/b20-14+. The monoisotopic (exact) mass is 443 g/mol. The molecule has 0 aliphatic carbocycles. The molecule has 0 atom stereocenters. The van der Waals surface area contributed by atoms with E-state index in [9.17, 15) is 13.5 Å². The van der Waals surface area contributed by atoms with Gasteiger partial charge in [0.2, 0.25) is 0 Å². The van der Waals surface area contributed by atoms with E-state index in [1.54, 1.807) is 6.08 Å². The summed E-state index contributed by atoms with van der Waals surface area (Å²) < 4.78 is 27.1. The van der Waals surface area contributed by atoms with Crippen LogP contribution in [0.1, 0.15) is 70.2 Å². The molecule has 1 aliphatic rings. The minimum absolute atomic E-state index is 0.203. The molecule has 0 amide bonds. The van der Waals surface area contributed by atoms with Gasteiger partial charge in [-0.1, -0.05) is 76.3 Å². The maximum atomic E-state index is 13.0. The molecular weight excluding hydrogens is 410 g/mol. The van der Waals surface area contributed by atoms with Gasteiger partial charge in [0.05, 0.1) is 11.5 Å². The molecule has 2 aromatic rings. The molecule has 1 aliphatic heterocycles. The van der Waals surface area contributed by atoms with Crippen LogP contribution in [0.5, 0.6) is 5.75 Å². The highest BCUT2D eigenvalue weighted by Crippen LogP contribution is 2.40. The molecule has 168 valence electrons. The fourth-order valence-corrected chi connectivity index (χ4v) is 5.07. The predicted molar refractivity (Wildman–Crippen MR) is 125 cm³/mol. The predicted octanol–water partition coefficient (Wildman–Crippen LogP) is 5.50. The highest BCUT2D eigenvalue weighted by Gasteiger charge is 2.35. The van der Waals surface area contributed by atoms with E-state index >= 15 is 0 Å². The molecule has 1 saturated heterocycles. The SMILES string of the molecule is CC(C)(C)c1cc(/C=C2\CCN(OCc3ccccc3)S2(=O)=O)cc(C(C)(C)C)c1O. The van der Waals surface area contributed by atoms with E-state index in [4.69, 9.17) is 4.84 Å². The maximum Gasteiger partial charge on any atom is 0.261 e. The molecule has 0 radical (unpaired) electrons. The highest BCUT2D eigenvalue weighted by atomic mass is 32.2. The number of rotatable bonds is 4. The normalized spacial score (nSPS) is 18.6. The van der Waals surface area contributed by atoms with Gasteiger partial charge in [0, 0.05) is 24.1 Å². The van der Waals surface area contributed by atoms with Crippen LogP contribution in [0.4, 0.5) is 0 Å². The molecule has 31 heavy (non-hydrogen) atoms. The number of benzene rings is 2. The second-order valence-electron chi connectivity index (χ2n) is 10.1. The summed E-state index contributed by atoms with van der Waals surface area (Å²) in [7, 11) is -3.69. The van der Waals surface area contributed by atoms with Crippen LogP contribution in [0.2, 0.25) is 0 Å². The van der Waals surface area contributed by atoms with Crippen molar-refractivity contribution in [2.24, 2.45) is 0 Å². The van der Waals surface area contributed by atoms with Crippen molar-refractivity contribution >= 4 is 16.1 Å². The first kappa shape index (κ1) is 23.5. The van der Waals surface area contributed by atoms with Crippen LogP contribution >= 0.6 is 0 Å². The average Bonchev–Trinajstić information content (AvgIpc) is 2.94. The van der Waals surface area contributed by atoms with Gasteiger partial charge in [-0.15, -0.1) is 0 Å². The van der Waals surface area contributed by atoms with Gasteiger partial charge >= 0.3 is 0 Å². The molecule has 3 rings (SSSR count). The van der Waals surface area contributed by atoms with Crippen LogP contribution in [0.25, 0.3) is 6.08 Å². The van der Waals surface area contributed by atoms with Crippen LogP contribution in [0.15, 0.2) is 47.4 Å². The lowest BCUT2D eigenvalue weighted by atomic mass is 9.78. The van der Waals surface area contributed by atoms with Gasteiger partial charge in [-0.2, -0.15) is 0 Å². The smallest absolute Gasteiger partial charge is 0.261 e. The fraction of sp³-hybridized carbons (Fsp3) is 0.440. The van der Waals surface area contributed by atoms with Gasteiger partial charge in [0.15, 0.2) is 0 Å². The first-order valence-corrected chi connectivity index (χ1v) is 12.0. The Labute approximate surface area is 186 Å². The molecule has 0 saturated carbocycles. The second-order valence-corrected chi connectivity index (χ2v) is 12.0. The molecular formula is C25H33NO4S. The van der Waals surface area contributed by atoms with Gasteiger partial charge in [-0.3, -0.25) is 4.84 Å². The van der Waals surface area contributed by atoms with Crippen LogP contribution < -0.4 is 0 Å². The number of phenolic OH excluding ortho intramolecular Hbond substituents is 1. The van der Waals surface area contributed by atoms with E-state index in [1.165, 1.54) is 0 Å². The largest absolute Gasteiger partial charge is 0.507 e. The van der Waals surface area contributed by atoms with Gasteiger partial charge in [0.1, 0.15) is 5.75 Å². The van der Waals surface area contributed by atoms with Crippen LogP contribution in [0.3, 0.4) is 0 Å². The van der Waals surface area contributed by atoms with Crippen LogP contribution in [-0.4, -0.2) is 24.5 Å². The van der Waals surface area contributed by atoms with Crippen LogP contribution in [0, 0.1) is 0 Å². The van der Waals surface area contributed by atoms with Crippen molar-refractivity contribution in [2.45, 2.75) is 65.4 Å². The van der Waals surface area contributed by atoms with Crippen molar-refractivity contribution in [3.05, 3.63) is 69.6 Å².